The van der Waals surface area contributed by atoms with Gasteiger partial charge in [0, 0.05) is 18.4 Å². The molecule has 0 aliphatic carbocycles. The fraction of sp³-hybridized carbons (Fsp3) is 0.400. The molecule has 0 bridgehead atoms. The van der Waals surface area contributed by atoms with Crippen LogP contribution in [0.4, 0.5) is 5.82 Å². The molecular weight excluding hydrogens is 288 g/mol. The molecule has 0 unspecified atom stereocenters. The van der Waals surface area contributed by atoms with E-state index in [9.17, 15) is 4.79 Å². The van der Waals surface area contributed by atoms with Crippen molar-refractivity contribution in [3.8, 4) is 0 Å². The third-order valence-corrected chi connectivity index (χ3v) is 3.49. The Kier molecular flexibility index (Phi) is 5.33. The van der Waals surface area contributed by atoms with Gasteiger partial charge in [0.2, 0.25) is 5.91 Å². The van der Waals surface area contributed by atoms with Gasteiger partial charge >= 0.3 is 0 Å². The Morgan fingerprint density at radius 2 is 2.14 bits per heavy atom. The number of para-hydroxylation sites is 1. The summed E-state index contributed by atoms with van der Waals surface area (Å²) in [7, 11) is 0. The number of nitrogens with one attached hydrogen (secondary N) is 1. The fourth-order valence-electron chi connectivity index (χ4n) is 2.20. The SMILES string of the molecule is C[C@H](CCNc1nc(CCl)nc2ccccc12)CC(N)=O. The number of hydrogen-bond acceptors (Lipinski definition) is 4. The summed E-state index contributed by atoms with van der Waals surface area (Å²) in [5.74, 6) is 1.64. The van der Waals surface area contributed by atoms with Crippen molar-refractivity contribution in [3.63, 3.8) is 0 Å². The Bertz CT molecular complexity index is 632. The van der Waals surface area contributed by atoms with Gasteiger partial charge in [0.1, 0.15) is 11.6 Å². The van der Waals surface area contributed by atoms with Gasteiger partial charge in [-0.05, 0) is 24.5 Å². The van der Waals surface area contributed by atoms with Gasteiger partial charge in [-0.1, -0.05) is 19.1 Å². The van der Waals surface area contributed by atoms with Crippen LogP contribution in [0.5, 0.6) is 0 Å². The molecule has 0 spiro atoms. The highest BCUT2D eigenvalue weighted by Crippen LogP contribution is 2.21. The molecule has 0 saturated heterocycles. The van der Waals surface area contributed by atoms with Gasteiger partial charge in [-0.15, -0.1) is 11.6 Å². The molecule has 2 aromatic rings. The number of anilines is 1. The number of alkyl halides is 1. The molecule has 0 fully saturated rings. The highest BCUT2D eigenvalue weighted by Gasteiger charge is 2.09. The number of nitrogens with two attached hydrogens (primary N) is 1. The number of aromatic nitrogens is 2. The molecule has 0 aliphatic heterocycles. The molecule has 1 heterocycles. The Morgan fingerprint density at radius 1 is 1.38 bits per heavy atom. The average molecular weight is 307 g/mol. The number of benzene rings is 1. The van der Waals surface area contributed by atoms with Crippen LogP contribution in [0.25, 0.3) is 10.9 Å². The fourth-order valence-corrected chi connectivity index (χ4v) is 2.32. The van der Waals surface area contributed by atoms with Crippen LogP contribution in [0.1, 0.15) is 25.6 Å². The molecule has 0 radical (unpaired) electrons. The Balaban J connectivity index is 2.08. The lowest BCUT2D eigenvalue weighted by Crippen LogP contribution is -2.17. The molecule has 6 heteroatoms. The molecule has 112 valence electrons. The first-order valence-electron chi connectivity index (χ1n) is 6.94. The third kappa shape index (κ3) is 4.29. The summed E-state index contributed by atoms with van der Waals surface area (Å²) in [5.41, 5.74) is 6.07. The second-order valence-electron chi connectivity index (χ2n) is 5.13. The zero-order valence-electron chi connectivity index (χ0n) is 12.0. The zero-order chi connectivity index (χ0) is 15.2. The first kappa shape index (κ1) is 15.5. The number of fused-ring (bicyclic) bond motifs is 1. The number of amides is 1. The summed E-state index contributed by atoms with van der Waals surface area (Å²) in [6, 6.07) is 7.80. The first-order chi connectivity index (χ1) is 10.1. The molecule has 5 nitrogen and oxygen atoms in total. The Hall–Kier alpha value is -1.88. The van der Waals surface area contributed by atoms with E-state index in [1.807, 2.05) is 31.2 Å². The Morgan fingerprint density at radius 3 is 2.86 bits per heavy atom. The van der Waals surface area contributed by atoms with Crippen molar-refractivity contribution in [2.75, 3.05) is 11.9 Å². The number of nitrogens with zero attached hydrogens (tertiary/aromatic N) is 2. The van der Waals surface area contributed by atoms with Crippen molar-refractivity contribution in [1.82, 2.24) is 9.97 Å². The van der Waals surface area contributed by atoms with E-state index >= 15 is 0 Å². The van der Waals surface area contributed by atoms with Gasteiger partial charge in [-0.3, -0.25) is 4.79 Å². The van der Waals surface area contributed by atoms with Gasteiger partial charge in [0.25, 0.3) is 0 Å². The van der Waals surface area contributed by atoms with E-state index in [-0.39, 0.29) is 17.7 Å². The minimum atomic E-state index is -0.264. The summed E-state index contributed by atoms with van der Waals surface area (Å²) in [4.78, 5) is 19.7. The van der Waals surface area contributed by atoms with Crippen LogP contribution in [0.15, 0.2) is 24.3 Å². The van der Waals surface area contributed by atoms with Crippen LogP contribution in [0.3, 0.4) is 0 Å². The van der Waals surface area contributed by atoms with Crippen molar-refractivity contribution >= 4 is 34.2 Å². The van der Waals surface area contributed by atoms with E-state index in [0.29, 0.717) is 12.2 Å². The van der Waals surface area contributed by atoms with E-state index in [1.54, 1.807) is 0 Å². The number of halogens is 1. The summed E-state index contributed by atoms with van der Waals surface area (Å²) in [6.45, 7) is 2.73. The van der Waals surface area contributed by atoms with Crippen LogP contribution in [0, 0.1) is 5.92 Å². The van der Waals surface area contributed by atoms with Crippen LogP contribution >= 0.6 is 11.6 Å². The first-order valence-corrected chi connectivity index (χ1v) is 7.47. The minimum Gasteiger partial charge on any atom is -0.370 e. The number of hydrogen-bond donors (Lipinski definition) is 2. The van der Waals surface area contributed by atoms with E-state index in [0.717, 1.165) is 29.7 Å². The lowest BCUT2D eigenvalue weighted by molar-refractivity contribution is -0.118. The van der Waals surface area contributed by atoms with E-state index in [2.05, 4.69) is 15.3 Å². The number of rotatable bonds is 7. The van der Waals surface area contributed by atoms with Crippen LogP contribution < -0.4 is 11.1 Å². The topological polar surface area (TPSA) is 80.9 Å². The number of primary amides is 1. The number of carbonyl (C=O) groups is 1. The summed E-state index contributed by atoms with van der Waals surface area (Å²) in [6.07, 6.45) is 1.25. The molecule has 21 heavy (non-hydrogen) atoms. The largest absolute Gasteiger partial charge is 0.370 e. The second kappa shape index (κ2) is 7.22. The third-order valence-electron chi connectivity index (χ3n) is 3.25. The van der Waals surface area contributed by atoms with Crippen molar-refractivity contribution in [3.05, 3.63) is 30.1 Å². The normalized spacial score (nSPS) is 12.3. The maximum atomic E-state index is 10.9. The zero-order valence-corrected chi connectivity index (χ0v) is 12.7. The summed E-state index contributed by atoms with van der Waals surface area (Å²) >= 11 is 5.84. The predicted octanol–water partition coefficient (Wildman–Crippen LogP) is 2.68. The molecule has 0 saturated carbocycles. The monoisotopic (exact) mass is 306 g/mol. The molecule has 1 amide bonds. The van der Waals surface area contributed by atoms with Crippen molar-refractivity contribution in [1.29, 1.82) is 0 Å². The van der Waals surface area contributed by atoms with Crippen LogP contribution in [-0.4, -0.2) is 22.4 Å². The van der Waals surface area contributed by atoms with Gasteiger partial charge in [-0.25, -0.2) is 9.97 Å². The lowest BCUT2D eigenvalue weighted by atomic mass is 10.0. The maximum Gasteiger partial charge on any atom is 0.217 e. The minimum absolute atomic E-state index is 0.246. The molecule has 1 aromatic carbocycles. The van der Waals surface area contributed by atoms with Gasteiger partial charge in [0.05, 0.1) is 11.4 Å². The maximum absolute atomic E-state index is 10.9. The van der Waals surface area contributed by atoms with Crippen molar-refractivity contribution in [2.24, 2.45) is 11.7 Å². The van der Waals surface area contributed by atoms with Gasteiger partial charge < -0.3 is 11.1 Å². The quantitative estimate of drug-likeness (QED) is 0.771. The lowest BCUT2D eigenvalue weighted by Gasteiger charge is -2.12. The smallest absolute Gasteiger partial charge is 0.217 e. The molecular formula is C15H19ClN4O. The molecule has 3 N–H and O–H groups in total. The van der Waals surface area contributed by atoms with E-state index in [4.69, 9.17) is 17.3 Å². The highest BCUT2D eigenvalue weighted by atomic mass is 35.5. The van der Waals surface area contributed by atoms with Crippen LogP contribution in [0.2, 0.25) is 0 Å². The van der Waals surface area contributed by atoms with E-state index < -0.39 is 0 Å². The summed E-state index contributed by atoms with van der Waals surface area (Å²) < 4.78 is 0. The van der Waals surface area contributed by atoms with E-state index in [1.165, 1.54) is 0 Å². The van der Waals surface area contributed by atoms with Crippen LogP contribution in [-0.2, 0) is 10.7 Å². The van der Waals surface area contributed by atoms with Gasteiger partial charge in [0.15, 0.2) is 0 Å². The average Bonchev–Trinajstić information content (AvgIpc) is 2.46. The molecule has 1 aromatic heterocycles. The van der Waals surface area contributed by atoms with Crippen molar-refractivity contribution < 1.29 is 4.79 Å². The number of carbonyl (C=O) groups excluding carboxylic acids is 1. The predicted molar refractivity (Wildman–Crippen MR) is 85.2 cm³/mol. The Labute approximate surface area is 128 Å². The van der Waals surface area contributed by atoms with Gasteiger partial charge in [-0.2, -0.15) is 0 Å². The standard InChI is InChI=1S/C15H19ClN4O/c1-10(8-13(17)21)6-7-18-15-11-4-2-3-5-12(11)19-14(9-16)20-15/h2-5,10H,6-9H2,1H3,(H2,17,21)(H,18,19,20)/t10-/m1/s1. The highest BCUT2D eigenvalue weighted by molar-refractivity contribution is 6.16. The second-order valence-corrected chi connectivity index (χ2v) is 5.40. The molecule has 1 atom stereocenters. The summed E-state index contributed by atoms with van der Waals surface area (Å²) in [5, 5.41) is 4.27. The molecule has 0 aliphatic rings. The molecule has 2 rings (SSSR count). The van der Waals surface area contributed by atoms with Crippen molar-refractivity contribution in [2.45, 2.75) is 25.6 Å².